The third-order valence-corrected chi connectivity index (χ3v) is 4.81. The maximum atomic E-state index is 14.8. The molecule has 0 aliphatic rings. The van der Waals surface area contributed by atoms with Crippen molar-refractivity contribution in [2.45, 2.75) is 6.54 Å². The highest BCUT2D eigenvalue weighted by molar-refractivity contribution is 6.34. The van der Waals surface area contributed by atoms with Crippen LogP contribution in [0.15, 0.2) is 60.7 Å². The van der Waals surface area contributed by atoms with Crippen LogP contribution in [0.1, 0.15) is 5.56 Å². The Hall–Kier alpha value is -3.05. The molecule has 0 radical (unpaired) electrons. The first-order valence-electron chi connectivity index (χ1n) is 8.45. The summed E-state index contributed by atoms with van der Waals surface area (Å²) in [6.45, 7) is 0.550. The van der Waals surface area contributed by atoms with Gasteiger partial charge in [0.2, 0.25) is 0 Å². The van der Waals surface area contributed by atoms with Crippen molar-refractivity contribution in [2.75, 3.05) is 12.4 Å². The van der Waals surface area contributed by atoms with Crippen LogP contribution >= 0.6 is 11.6 Å². The van der Waals surface area contributed by atoms with E-state index in [2.05, 4.69) is 15.5 Å². The first-order valence-corrected chi connectivity index (χ1v) is 8.83. The smallest absolute Gasteiger partial charge is 0.168 e. The number of hydrogen-bond donors (Lipinski definition) is 2. The number of H-pyrrole nitrogens is 1. The molecule has 0 saturated carbocycles. The Bertz CT molecular complexity index is 1080. The van der Waals surface area contributed by atoms with Gasteiger partial charge in [0.25, 0.3) is 0 Å². The van der Waals surface area contributed by atoms with Crippen LogP contribution in [0.25, 0.3) is 22.0 Å². The Kier molecular flexibility index (Phi) is 4.69. The van der Waals surface area contributed by atoms with Gasteiger partial charge in [-0.05, 0) is 29.3 Å². The molecule has 4 rings (SSSR count). The van der Waals surface area contributed by atoms with Crippen LogP contribution in [0.5, 0.6) is 5.75 Å². The fraction of sp³-hybridized carbons (Fsp3) is 0.0952. The molecular weight excluding hydrogens is 365 g/mol. The fourth-order valence-electron chi connectivity index (χ4n) is 2.99. The van der Waals surface area contributed by atoms with Gasteiger partial charge in [0.15, 0.2) is 11.6 Å². The molecule has 2 N–H and O–H groups in total. The van der Waals surface area contributed by atoms with E-state index in [0.29, 0.717) is 23.3 Å². The lowest BCUT2D eigenvalue weighted by atomic mass is 10.0. The molecule has 0 amide bonds. The molecule has 3 aromatic carbocycles. The van der Waals surface area contributed by atoms with Gasteiger partial charge >= 0.3 is 0 Å². The predicted octanol–water partition coefficient (Wildman–Crippen LogP) is 5.64. The number of aromatic nitrogens is 2. The van der Waals surface area contributed by atoms with Crippen molar-refractivity contribution in [1.82, 2.24) is 10.2 Å². The van der Waals surface area contributed by atoms with Crippen molar-refractivity contribution in [1.29, 1.82) is 0 Å². The molecule has 1 aromatic heterocycles. The molecule has 0 saturated heterocycles. The van der Waals surface area contributed by atoms with Gasteiger partial charge in [-0.1, -0.05) is 54.1 Å². The first-order chi connectivity index (χ1) is 13.2. The molecule has 0 fully saturated rings. The molecule has 4 nitrogen and oxygen atoms in total. The van der Waals surface area contributed by atoms with E-state index >= 15 is 0 Å². The van der Waals surface area contributed by atoms with Gasteiger partial charge in [0.1, 0.15) is 11.3 Å². The summed E-state index contributed by atoms with van der Waals surface area (Å²) in [7, 11) is 1.63. The van der Waals surface area contributed by atoms with Gasteiger partial charge in [-0.15, -0.1) is 0 Å². The molecule has 1 heterocycles. The highest BCUT2D eigenvalue weighted by atomic mass is 35.5. The van der Waals surface area contributed by atoms with E-state index in [0.717, 1.165) is 16.9 Å². The van der Waals surface area contributed by atoms with Gasteiger partial charge < -0.3 is 10.1 Å². The Labute approximate surface area is 160 Å². The van der Waals surface area contributed by atoms with E-state index in [1.165, 1.54) is 0 Å². The number of anilines is 1. The number of aromatic amines is 1. The van der Waals surface area contributed by atoms with Crippen molar-refractivity contribution < 1.29 is 9.13 Å². The minimum absolute atomic E-state index is 0.0825. The number of hydrogen-bond acceptors (Lipinski definition) is 3. The second kappa shape index (κ2) is 7.29. The fourth-order valence-corrected chi connectivity index (χ4v) is 3.24. The maximum absolute atomic E-state index is 14.8. The standard InChI is InChI=1S/C21H17ClFN3O/c1-27-15-9-7-13(8-10-15)12-24-21-17-11-16(14-5-3-2-4-6-14)18(22)19(23)20(17)25-26-21/h2-11H,12H2,1H3,(H2,24,25,26). The average Bonchev–Trinajstić information content (AvgIpc) is 3.13. The number of halogens is 2. The van der Waals surface area contributed by atoms with Crippen LogP contribution in [0, 0.1) is 5.82 Å². The lowest BCUT2D eigenvalue weighted by Crippen LogP contribution is -2.00. The van der Waals surface area contributed by atoms with Crippen molar-refractivity contribution in [3.63, 3.8) is 0 Å². The van der Waals surface area contributed by atoms with E-state index in [-0.39, 0.29) is 10.5 Å². The Morgan fingerprint density at radius 3 is 2.56 bits per heavy atom. The number of nitrogens with zero attached hydrogens (tertiary/aromatic N) is 1. The third kappa shape index (κ3) is 3.34. The minimum atomic E-state index is -0.502. The Morgan fingerprint density at radius 2 is 1.85 bits per heavy atom. The molecule has 0 atom stereocenters. The average molecular weight is 382 g/mol. The van der Waals surface area contributed by atoms with Crippen molar-refractivity contribution in [2.24, 2.45) is 0 Å². The van der Waals surface area contributed by atoms with E-state index in [4.69, 9.17) is 16.3 Å². The van der Waals surface area contributed by atoms with Gasteiger partial charge in [-0.25, -0.2) is 4.39 Å². The van der Waals surface area contributed by atoms with Crippen LogP contribution in [-0.4, -0.2) is 17.3 Å². The first kappa shape index (κ1) is 17.4. The topological polar surface area (TPSA) is 49.9 Å². The van der Waals surface area contributed by atoms with Gasteiger partial charge in [-0.3, -0.25) is 5.10 Å². The van der Waals surface area contributed by atoms with Crippen LogP contribution in [0.4, 0.5) is 10.2 Å². The van der Waals surface area contributed by atoms with Crippen LogP contribution < -0.4 is 10.1 Å². The summed E-state index contributed by atoms with van der Waals surface area (Å²) in [5, 5.41) is 11.0. The lowest BCUT2D eigenvalue weighted by molar-refractivity contribution is 0.414. The molecule has 0 aliphatic carbocycles. The van der Waals surface area contributed by atoms with Crippen LogP contribution in [0.3, 0.4) is 0 Å². The highest BCUT2D eigenvalue weighted by Gasteiger charge is 2.17. The lowest BCUT2D eigenvalue weighted by Gasteiger charge is -2.08. The number of rotatable bonds is 5. The second-order valence-corrected chi connectivity index (χ2v) is 6.49. The normalized spacial score (nSPS) is 10.9. The Morgan fingerprint density at radius 1 is 1.11 bits per heavy atom. The van der Waals surface area contributed by atoms with E-state index in [1.807, 2.05) is 60.7 Å². The zero-order valence-electron chi connectivity index (χ0n) is 14.6. The van der Waals surface area contributed by atoms with Crippen molar-refractivity contribution in [3.8, 4) is 16.9 Å². The van der Waals surface area contributed by atoms with E-state index in [1.54, 1.807) is 7.11 Å². The molecule has 0 aliphatic heterocycles. The van der Waals surface area contributed by atoms with Gasteiger partial charge in [0.05, 0.1) is 12.1 Å². The van der Waals surface area contributed by atoms with Crippen LogP contribution in [-0.2, 0) is 6.54 Å². The molecule has 4 aromatic rings. The van der Waals surface area contributed by atoms with Gasteiger partial charge in [0, 0.05) is 17.5 Å². The molecule has 27 heavy (non-hydrogen) atoms. The molecule has 0 bridgehead atoms. The molecule has 0 spiro atoms. The van der Waals surface area contributed by atoms with Crippen molar-refractivity contribution in [3.05, 3.63) is 77.1 Å². The zero-order chi connectivity index (χ0) is 18.8. The molecule has 136 valence electrons. The zero-order valence-corrected chi connectivity index (χ0v) is 15.3. The SMILES string of the molecule is COc1ccc(CNc2n[nH]c3c(F)c(Cl)c(-c4ccccc4)cc23)cc1. The summed E-state index contributed by atoms with van der Waals surface area (Å²) >= 11 is 6.26. The summed E-state index contributed by atoms with van der Waals surface area (Å²) in [5.74, 6) is 0.875. The molecular formula is C21H17ClFN3O. The number of fused-ring (bicyclic) bond motifs is 1. The van der Waals surface area contributed by atoms with Crippen LogP contribution in [0.2, 0.25) is 5.02 Å². The summed E-state index contributed by atoms with van der Waals surface area (Å²) < 4.78 is 19.9. The largest absolute Gasteiger partial charge is 0.497 e. The monoisotopic (exact) mass is 381 g/mol. The third-order valence-electron chi connectivity index (χ3n) is 4.45. The molecule has 6 heteroatoms. The quantitative estimate of drug-likeness (QED) is 0.470. The second-order valence-electron chi connectivity index (χ2n) is 6.11. The minimum Gasteiger partial charge on any atom is -0.497 e. The predicted molar refractivity (Wildman–Crippen MR) is 107 cm³/mol. The Balaban J connectivity index is 1.68. The summed E-state index contributed by atoms with van der Waals surface area (Å²) in [6.07, 6.45) is 0. The maximum Gasteiger partial charge on any atom is 0.168 e. The number of nitrogens with one attached hydrogen (secondary N) is 2. The van der Waals surface area contributed by atoms with E-state index in [9.17, 15) is 4.39 Å². The highest BCUT2D eigenvalue weighted by Crippen LogP contribution is 2.36. The molecule has 0 unspecified atom stereocenters. The van der Waals surface area contributed by atoms with E-state index < -0.39 is 5.82 Å². The summed E-state index contributed by atoms with van der Waals surface area (Å²) in [5.41, 5.74) is 2.84. The number of benzene rings is 3. The number of methoxy groups -OCH3 is 1. The summed E-state index contributed by atoms with van der Waals surface area (Å²) in [6, 6.07) is 19.1. The van der Waals surface area contributed by atoms with Gasteiger partial charge in [-0.2, -0.15) is 5.10 Å². The van der Waals surface area contributed by atoms with Crippen molar-refractivity contribution >= 4 is 28.3 Å². The number of ether oxygens (including phenoxy) is 1. The summed E-state index contributed by atoms with van der Waals surface area (Å²) in [4.78, 5) is 0.